The first kappa shape index (κ1) is 21.7. The Morgan fingerprint density at radius 1 is 1.10 bits per heavy atom. The van der Waals surface area contributed by atoms with Gasteiger partial charge in [-0.2, -0.15) is 0 Å². The van der Waals surface area contributed by atoms with Crippen LogP contribution in [0.15, 0.2) is 16.6 Å². The van der Waals surface area contributed by atoms with E-state index in [9.17, 15) is 9.59 Å². The first-order chi connectivity index (χ1) is 14.3. The van der Waals surface area contributed by atoms with Crippen LogP contribution in [0.4, 0.5) is 4.79 Å². The average Bonchev–Trinajstić information content (AvgIpc) is 3.02. The molecule has 0 radical (unpaired) electrons. The van der Waals surface area contributed by atoms with Crippen LogP contribution in [0.1, 0.15) is 36.3 Å². The second kappa shape index (κ2) is 8.81. The van der Waals surface area contributed by atoms with Crippen LogP contribution in [0.25, 0.3) is 16.5 Å². The SMILES string of the molecule is CCOC(=O)N1CCN(C(=O)/C=C(\C)c2cc3c(C)c(C)oc3c(C)c2OC)CC1. The van der Waals surface area contributed by atoms with Gasteiger partial charge in [-0.15, -0.1) is 0 Å². The van der Waals surface area contributed by atoms with Gasteiger partial charge in [0.05, 0.1) is 13.7 Å². The molecule has 2 aromatic rings. The molecule has 7 nitrogen and oxygen atoms in total. The Kier molecular flexibility index (Phi) is 6.39. The third kappa shape index (κ3) is 4.01. The number of furan rings is 1. The Balaban J connectivity index is 1.83. The summed E-state index contributed by atoms with van der Waals surface area (Å²) in [6.45, 7) is 11.9. The first-order valence-electron chi connectivity index (χ1n) is 10.2. The number of piperazine rings is 1. The van der Waals surface area contributed by atoms with Crippen LogP contribution in [-0.2, 0) is 9.53 Å². The summed E-state index contributed by atoms with van der Waals surface area (Å²) in [4.78, 5) is 28.1. The standard InChI is InChI=1S/C23H30N2O5/c1-7-29-23(27)25-10-8-24(9-11-25)20(26)12-14(2)18-13-19-15(3)17(5)30-22(19)16(4)21(18)28-6/h12-13H,7-11H2,1-6H3/b14-12+. The highest BCUT2D eigenvalue weighted by Gasteiger charge is 2.25. The van der Waals surface area contributed by atoms with E-state index in [0.717, 1.165) is 39.0 Å². The van der Waals surface area contributed by atoms with Crippen LogP contribution in [-0.4, -0.2) is 61.7 Å². The molecule has 1 aromatic carbocycles. The number of carbonyl (C=O) groups is 2. The Labute approximate surface area is 177 Å². The van der Waals surface area contributed by atoms with Gasteiger partial charge in [0.2, 0.25) is 5.91 Å². The summed E-state index contributed by atoms with van der Waals surface area (Å²) in [5.74, 6) is 1.52. The number of nitrogens with zero attached hydrogens (tertiary/aromatic N) is 2. The summed E-state index contributed by atoms with van der Waals surface area (Å²) in [5.41, 5.74) is 4.54. The van der Waals surface area contributed by atoms with E-state index in [0.29, 0.717) is 38.5 Å². The Hall–Kier alpha value is -2.96. The minimum absolute atomic E-state index is 0.0732. The van der Waals surface area contributed by atoms with E-state index in [1.165, 1.54) is 0 Å². The maximum atomic E-state index is 12.9. The highest BCUT2D eigenvalue weighted by molar-refractivity contribution is 5.98. The average molecular weight is 415 g/mol. The summed E-state index contributed by atoms with van der Waals surface area (Å²) in [5, 5.41) is 1.03. The Morgan fingerprint density at radius 3 is 2.33 bits per heavy atom. The number of rotatable bonds is 4. The minimum atomic E-state index is -0.324. The number of ether oxygens (including phenoxy) is 2. The van der Waals surface area contributed by atoms with Gasteiger partial charge in [0.25, 0.3) is 0 Å². The molecular weight excluding hydrogens is 384 g/mol. The van der Waals surface area contributed by atoms with E-state index in [1.54, 1.807) is 29.9 Å². The molecule has 0 unspecified atom stereocenters. The molecule has 0 spiro atoms. The molecule has 1 aliphatic rings. The van der Waals surface area contributed by atoms with Gasteiger partial charge in [0.15, 0.2) is 0 Å². The number of benzene rings is 1. The lowest BCUT2D eigenvalue weighted by Gasteiger charge is -2.33. The van der Waals surface area contributed by atoms with Crippen molar-refractivity contribution in [3.8, 4) is 5.75 Å². The van der Waals surface area contributed by atoms with Crippen LogP contribution in [0.5, 0.6) is 5.75 Å². The molecular formula is C23H30N2O5. The molecule has 2 amide bonds. The van der Waals surface area contributed by atoms with E-state index in [-0.39, 0.29) is 12.0 Å². The predicted molar refractivity (Wildman–Crippen MR) is 116 cm³/mol. The third-order valence-corrected chi connectivity index (χ3v) is 5.73. The fraction of sp³-hybridized carbons (Fsp3) is 0.478. The van der Waals surface area contributed by atoms with Gasteiger partial charge in [-0.3, -0.25) is 4.79 Å². The van der Waals surface area contributed by atoms with Crippen molar-refractivity contribution >= 4 is 28.5 Å². The zero-order chi connectivity index (χ0) is 22.0. The second-order valence-corrected chi connectivity index (χ2v) is 7.58. The fourth-order valence-corrected chi connectivity index (χ4v) is 3.85. The molecule has 1 fully saturated rings. The molecule has 1 saturated heterocycles. The van der Waals surface area contributed by atoms with E-state index in [4.69, 9.17) is 13.9 Å². The topological polar surface area (TPSA) is 72.2 Å². The number of aryl methyl sites for hydroxylation is 3. The molecule has 0 N–H and O–H groups in total. The maximum Gasteiger partial charge on any atom is 0.409 e. The van der Waals surface area contributed by atoms with Crippen molar-refractivity contribution in [2.45, 2.75) is 34.6 Å². The number of methoxy groups -OCH3 is 1. The quantitative estimate of drug-likeness (QED) is 0.705. The molecule has 7 heteroatoms. The minimum Gasteiger partial charge on any atom is -0.496 e. The molecule has 30 heavy (non-hydrogen) atoms. The lowest BCUT2D eigenvalue weighted by atomic mass is 9.98. The molecule has 0 saturated carbocycles. The summed E-state index contributed by atoms with van der Waals surface area (Å²) in [6, 6.07) is 2.03. The highest BCUT2D eigenvalue weighted by atomic mass is 16.6. The lowest BCUT2D eigenvalue weighted by molar-refractivity contribution is -0.127. The number of amides is 2. The van der Waals surface area contributed by atoms with E-state index in [1.807, 2.05) is 33.8 Å². The third-order valence-electron chi connectivity index (χ3n) is 5.73. The van der Waals surface area contributed by atoms with Crippen LogP contribution >= 0.6 is 0 Å². The summed E-state index contributed by atoms with van der Waals surface area (Å²) < 4.78 is 16.6. The monoisotopic (exact) mass is 414 g/mol. The van der Waals surface area contributed by atoms with Crippen molar-refractivity contribution in [3.63, 3.8) is 0 Å². The largest absolute Gasteiger partial charge is 0.496 e. The van der Waals surface area contributed by atoms with Gasteiger partial charge in [-0.05, 0) is 51.8 Å². The predicted octanol–water partition coefficient (Wildman–Crippen LogP) is 4.07. The summed E-state index contributed by atoms with van der Waals surface area (Å²) in [7, 11) is 1.63. The summed E-state index contributed by atoms with van der Waals surface area (Å²) in [6.07, 6.45) is 1.32. The first-order valence-corrected chi connectivity index (χ1v) is 10.2. The molecule has 1 aliphatic heterocycles. The highest BCUT2D eigenvalue weighted by Crippen LogP contribution is 2.38. The lowest BCUT2D eigenvalue weighted by Crippen LogP contribution is -2.50. The molecule has 0 aliphatic carbocycles. The van der Waals surface area contributed by atoms with Gasteiger partial charge in [-0.25, -0.2) is 4.79 Å². The van der Waals surface area contributed by atoms with Crippen LogP contribution in [0.3, 0.4) is 0 Å². The van der Waals surface area contributed by atoms with Crippen molar-refractivity contribution < 1.29 is 23.5 Å². The molecule has 162 valence electrons. The smallest absolute Gasteiger partial charge is 0.409 e. The molecule has 1 aromatic heterocycles. The van der Waals surface area contributed by atoms with Crippen LogP contribution < -0.4 is 4.74 Å². The Bertz CT molecular complexity index is 997. The van der Waals surface area contributed by atoms with Gasteiger partial charge in [0.1, 0.15) is 17.1 Å². The maximum absolute atomic E-state index is 12.9. The fourth-order valence-electron chi connectivity index (χ4n) is 3.85. The van der Waals surface area contributed by atoms with Gasteiger partial charge >= 0.3 is 6.09 Å². The molecule has 0 atom stereocenters. The van der Waals surface area contributed by atoms with E-state index < -0.39 is 0 Å². The van der Waals surface area contributed by atoms with Crippen molar-refractivity contribution in [3.05, 3.63) is 34.6 Å². The van der Waals surface area contributed by atoms with Gasteiger partial charge in [0, 0.05) is 48.8 Å². The number of hydrogen-bond donors (Lipinski definition) is 0. The molecule has 0 bridgehead atoms. The number of hydrogen-bond acceptors (Lipinski definition) is 5. The van der Waals surface area contributed by atoms with Gasteiger partial charge in [-0.1, -0.05) is 0 Å². The second-order valence-electron chi connectivity index (χ2n) is 7.58. The van der Waals surface area contributed by atoms with Crippen LogP contribution in [0, 0.1) is 20.8 Å². The van der Waals surface area contributed by atoms with Crippen molar-refractivity contribution in [1.82, 2.24) is 9.80 Å². The van der Waals surface area contributed by atoms with Crippen molar-refractivity contribution in [1.29, 1.82) is 0 Å². The van der Waals surface area contributed by atoms with Crippen molar-refractivity contribution in [2.75, 3.05) is 39.9 Å². The zero-order valence-corrected chi connectivity index (χ0v) is 18.6. The van der Waals surface area contributed by atoms with E-state index >= 15 is 0 Å². The van der Waals surface area contributed by atoms with Crippen LogP contribution in [0.2, 0.25) is 0 Å². The number of carbonyl (C=O) groups excluding carboxylic acids is 2. The van der Waals surface area contributed by atoms with Gasteiger partial charge < -0.3 is 23.7 Å². The zero-order valence-electron chi connectivity index (χ0n) is 18.6. The van der Waals surface area contributed by atoms with E-state index in [2.05, 4.69) is 0 Å². The Morgan fingerprint density at radius 2 is 1.73 bits per heavy atom. The number of fused-ring (bicyclic) bond motifs is 1. The summed E-state index contributed by atoms with van der Waals surface area (Å²) >= 11 is 0. The number of allylic oxidation sites excluding steroid dienone is 1. The molecule has 3 rings (SSSR count). The van der Waals surface area contributed by atoms with Crippen molar-refractivity contribution in [2.24, 2.45) is 0 Å². The molecule has 2 heterocycles. The normalized spacial score (nSPS) is 14.9.